The zero-order valence-corrected chi connectivity index (χ0v) is 16.2. The molecule has 0 bridgehead atoms. The van der Waals surface area contributed by atoms with Gasteiger partial charge >= 0.3 is 0 Å². The molecule has 140 valence electrons. The summed E-state index contributed by atoms with van der Waals surface area (Å²) in [5.41, 5.74) is 1.76. The molecule has 0 heterocycles. The Morgan fingerprint density at radius 1 is 1.23 bits per heavy atom. The summed E-state index contributed by atoms with van der Waals surface area (Å²) in [5.74, 6) is 1.39. The number of rotatable bonds is 9. The van der Waals surface area contributed by atoms with Crippen molar-refractivity contribution in [2.24, 2.45) is 0 Å². The predicted molar refractivity (Wildman–Crippen MR) is 105 cm³/mol. The molecule has 0 aliphatic heterocycles. The van der Waals surface area contributed by atoms with Crippen LogP contribution in [0.3, 0.4) is 0 Å². The van der Waals surface area contributed by atoms with Crippen LogP contribution in [0.15, 0.2) is 42.5 Å². The van der Waals surface area contributed by atoms with E-state index in [1.54, 1.807) is 25.3 Å². The number of anilines is 1. The van der Waals surface area contributed by atoms with E-state index in [1.807, 2.05) is 38.2 Å². The first-order valence-electron chi connectivity index (χ1n) is 8.62. The Balaban J connectivity index is 1.73. The number of methoxy groups -OCH3 is 1. The lowest BCUT2D eigenvalue weighted by Gasteiger charge is -2.15. The lowest BCUT2D eigenvalue weighted by Crippen LogP contribution is -3.10. The van der Waals surface area contributed by atoms with Crippen LogP contribution >= 0.6 is 11.6 Å². The molecule has 2 aromatic carbocycles. The number of benzene rings is 2. The van der Waals surface area contributed by atoms with Gasteiger partial charge in [-0.15, -0.1) is 0 Å². The number of hydrogen-bond acceptors (Lipinski definition) is 3. The van der Waals surface area contributed by atoms with Crippen LogP contribution in [0, 0.1) is 6.92 Å². The summed E-state index contributed by atoms with van der Waals surface area (Å²) in [6.45, 7) is 3.87. The number of ether oxygens (including phenoxy) is 2. The van der Waals surface area contributed by atoms with Gasteiger partial charge in [-0.2, -0.15) is 0 Å². The molecular formula is C20H26ClN2O3+. The summed E-state index contributed by atoms with van der Waals surface area (Å²) in [6.07, 6.45) is 0.869. The number of likely N-dealkylation sites (N-methyl/N-ethyl adjacent to an activating group) is 1. The first kappa shape index (κ1) is 20.1. The highest BCUT2D eigenvalue weighted by molar-refractivity contribution is 6.31. The van der Waals surface area contributed by atoms with Gasteiger partial charge in [-0.1, -0.05) is 23.7 Å². The van der Waals surface area contributed by atoms with E-state index in [0.29, 0.717) is 29.6 Å². The van der Waals surface area contributed by atoms with Gasteiger partial charge in [0.05, 0.1) is 33.0 Å². The molecule has 0 aliphatic rings. The van der Waals surface area contributed by atoms with Crippen molar-refractivity contribution in [3.63, 3.8) is 0 Å². The summed E-state index contributed by atoms with van der Waals surface area (Å²) in [6, 6.07) is 13.1. The van der Waals surface area contributed by atoms with Crippen LogP contribution in [0.2, 0.25) is 5.02 Å². The van der Waals surface area contributed by atoms with Crippen molar-refractivity contribution in [1.82, 2.24) is 0 Å². The molecule has 1 amide bonds. The smallest absolute Gasteiger partial charge is 0.279 e. The van der Waals surface area contributed by atoms with Gasteiger partial charge in [0.2, 0.25) is 0 Å². The molecule has 1 unspecified atom stereocenters. The van der Waals surface area contributed by atoms with Gasteiger partial charge in [-0.25, -0.2) is 0 Å². The summed E-state index contributed by atoms with van der Waals surface area (Å²) in [7, 11) is 3.55. The Kier molecular flexibility index (Phi) is 7.75. The zero-order chi connectivity index (χ0) is 18.9. The van der Waals surface area contributed by atoms with Crippen molar-refractivity contribution in [2.45, 2.75) is 13.3 Å². The highest BCUT2D eigenvalue weighted by Gasteiger charge is 2.13. The van der Waals surface area contributed by atoms with Crippen LogP contribution in [0.25, 0.3) is 0 Å². The normalized spacial score (nSPS) is 11.7. The molecule has 5 nitrogen and oxygen atoms in total. The molecule has 26 heavy (non-hydrogen) atoms. The zero-order valence-electron chi connectivity index (χ0n) is 15.5. The molecule has 0 aromatic heterocycles. The second-order valence-electron chi connectivity index (χ2n) is 6.30. The molecule has 2 rings (SSSR count). The summed E-state index contributed by atoms with van der Waals surface area (Å²) in [4.78, 5) is 13.3. The van der Waals surface area contributed by atoms with Crippen molar-refractivity contribution in [2.75, 3.05) is 39.2 Å². The Bertz CT molecular complexity index is 737. The topological polar surface area (TPSA) is 52.0 Å². The monoisotopic (exact) mass is 377 g/mol. The molecule has 2 N–H and O–H groups in total. The molecular weight excluding hydrogens is 352 g/mol. The van der Waals surface area contributed by atoms with Crippen LogP contribution in [-0.2, 0) is 4.79 Å². The van der Waals surface area contributed by atoms with E-state index in [9.17, 15) is 4.79 Å². The van der Waals surface area contributed by atoms with E-state index in [2.05, 4.69) is 5.32 Å². The van der Waals surface area contributed by atoms with E-state index in [-0.39, 0.29) is 5.91 Å². The molecule has 0 spiro atoms. The summed E-state index contributed by atoms with van der Waals surface area (Å²) in [5, 5.41) is 3.41. The summed E-state index contributed by atoms with van der Waals surface area (Å²) < 4.78 is 11.0. The van der Waals surface area contributed by atoms with Gasteiger partial charge in [0.25, 0.3) is 5.91 Å². The van der Waals surface area contributed by atoms with Gasteiger partial charge in [0.1, 0.15) is 11.5 Å². The van der Waals surface area contributed by atoms with E-state index < -0.39 is 0 Å². The third-order valence-electron chi connectivity index (χ3n) is 3.90. The van der Waals surface area contributed by atoms with Gasteiger partial charge in [0.15, 0.2) is 6.54 Å². The van der Waals surface area contributed by atoms with Crippen molar-refractivity contribution >= 4 is 23.2 Å². The SMILES string of the molecule is COc1ccc(Cl)cc1NC(=O)C[NH+](C)CCCOc1cccc(C)c1. The Morgan fingerprint density at radius 3 is 2.77 bits per heavy atom. The van der Waals surface area contributed by atoms with E-state index in [0.717, 1.165) is 23.6 Å². The average molecular weight is 378 g/mol. The molecule has 0 saturated heterocycles. The lowest BCUT2D eigenvalue weighted by molar-refractivity contribution is -0.871. The second-order valence-corrected chi connectivity index (χ2v) is 6.73. The number of halogens is 1. The molecule has 1 atom stereocenters. The minimum atomic E-state index is -0.0809. The second kappa shape index (κ2) is 10.0. The fraction of sp³-hybridized carbons (Fsp3) is 0.350. The number of carbonyl (C=O) groups is 1. The molecule has 0 aliphatic carbocycles. The Hall–Kier alpha value is -2.24. The number of hydrogen-bond donors (Lipinski definition) is 2. The average Bonchev–Trinajstić information content (AvgIpc) is 2.59. The maximum atomic E-state index is 12.2. The molecule has 0 radical (unpaired) electrons. The fourth-order valence-electron chi connectivity index (χ4n) is 2.60. The van der Waals surface area contributed by atoms with Gasteiger partial charge in [0, 0.05) is 11.4 Å². The predicted octanol–water partition coefficient (Wildman–Crippen LogP) is 2.58. The molecule has 6 heteroatoms. The molecule has 0 saturated carbocycles. The van der Waals surface area contributed by atoms with Crippen LogP contribution < -0.4 is 19.7 Å². The summed E-state index contributed by atoms with van der Waals surface area (Å²) >= 11 is 5.98. The third kappa shape index (κ3) is 6.58. The first-order valence-corrected chi connectivity index (χ1v) is 9.00. The molecule has 2 aromatic rings. The Labute approximate surface area is 159 Å². The van der Waals surface area contributed by atoms with Gasteiger partial charge in [-0.05, 0) is 42.8 Å². The van der Waals surface area contributed by atoms with Gasteiger partial charge in [-0.3, -0.25) is 4.79 Å². The van der Waals surface area contributed by atoms with E-state index in [1.165, 1.54) is 5.56 Å². The standard InChI is InChI=1S/C20H25ClN2O3/c1-15-6-4-7-17(12-15)26-11-5-10-23(2)14-20(24)22-18-13-16(21)8-9-19(18)25-3/h4,6-9,12-13H,5,10-11,14H2,1-3H3,(H,22,24)/p+1. The third-order valence-corrected chi connectivity index (χ3v) is 4.14. The quantitative estimate of drug-likeness (QED) is 0.660. The maximum absolute atomic E-state index is 12.2. The highest BCUT2D eigenvalue weighted by atomic mass is 35.5. The first-order chi connectivity index (χ1) is 12.5. The number of aryl methyl sites for hydroxylation is 1. The maximum Gasteiger partial charge on any atom is 0.279 e. The number of nitrogens with one attached hydrogen (secondary N) is 2. The molecule has 0 fully saturated rings. The van der Waals surface area contributed by atoms with Crippen molar-refractivity contribution < 1.29 is 19.2 Å². The van der Waals surface area contributed by atoms with Gasteiger partial charge < -0.3 is 19.7 Å². The minimum absolute atomic E-state index is 0.0809. The van der Waals surface area contributed by atoms with Crippen molar-refractivity contribution in [1.29, 1.82) is 0 Å². The largest absolute Gasteiger partial charge is 0.495 e. The highest BCUT2D eigenvalue weighted by Crippen LogP contribution is 2.27. The minimum Gasteiger partial charge on any atom is -0.495 e. The number of carbonyl (C=O) groups excluding carboxylic acids is 1. The van der Waals surface area contributed by atoms with E-state index in [4.69, 9.17) is 21.1 Å². The van der Waals surface area contributed by atoms with Crippen LogP contribution in [0.5, 0.6) is 11.5 Å². The van der Waals surface area contributed by atoms with Crippen LogP contribution in [0.4, 0.5) is 5.69 Å². The Morgan fingerprint density at radius 2 is 2.04 bits per heavy atom. The number of quaternary nitrogens is 1. The lowest BCUT2D eigenvalue weighted by atomic mass is 10.2. The van der Waals surface area contributed by atoms with Crippen molar-refractivity contribution in [3.8, 4) is 11.5 Å². The van der Waals surface area contributed by atoms with Crippen molar-refractivity contribution in [3.05, 3.63) is 53.1 Å². The van der Waals surface area contributed by atoms with Crippen LogP contribution in [0.1, 0.15) is 12.0 Å². The number of amides is 1. The van der Waals surface area contributed by atoms with E-state index >= 15 is 0 Å². The van der Waals surface area contributed by atoms with Crippen LogP contribution in [-0.4, -0.2) is 39.8 Å². The fourth-order valence-corrected chi connectivity index (χ4v) is 2.78.